The Kier molecular flexibility index (Phi) is 7.09. The normalized spacial score (nSPS) is 14.7. The molecule has 0 bridgehead atoms. The Hall–Kier alpha value is -3.97. The van der Waals surface area contributed by atoms with E-state index >= 15 is 0 Å². The van der Waals surface area contributed by atoms with Gasteiger partial charge in [0.1, 0.15) is 11.6 Å². The summed E-state index contributed by atoms with van der Waals surface area (Å²) in [7, 11) is 0. The van der Waals surface area contributed by atoms with Gasteiger partial charge in [-0.05, 0) is 64.4 Å². The minimum absolute atomic E-state index is 0.00699. The molecule has 0 aliphatic carbocycles. The Morgan fingerprint density at radius 2 is 1.86 bits per heavy atom. The highest BCUT2D eigenvalue weighted by Crippen LogP contribution is 2.38. The molecule has 0 saturated heterocycles. The van der Waals surface area contributed by atoms with Crippen LogP contribution >= 0.6 is 11.3 Å². The maximum absolute atomic E-state index is 13.4. The van der Waals surface area contributed by atoms with Crippen LogP contribution in [0.2, 0.25) is 0 Å². The summed E-state index contributed by atoms with van der Waals surface area (Å²) < 4.78 is 19.2. The number of nitrogens with zero attached hydrogens (tertiary/aromatic N) is 1. The smallest absolute Gasteiger partial charge is 0.264 e. The number of ether oxygens (including phenoxy) is 1. The number of nitrogens with one attached hydrogen (secondary N) is 1. The van der Waals surface area contributed by atoms with Gasteiger partial charge in [0.2, 0.25) is 0 Å². The summed E-state index contributed by atoms with van der Waals surface area (Å²) in [5, 5.41) is 4.66. The van der Waals surface area contributed by atoms with Crippen molar-refractivity contribution in [3.63, 3.8) is 0 Å². The Morgan fingerprint density at radius 3 is 2.64 bits per heavy atom. The van der Waals surface area contributed by atoms with Crippen LogP contribution in [0.3, 0.4) is 0 Å². The molecule has 1 aliphatic rings. The second-order valence-corrected chi connectivity index (χ2v) is 9.54. The highest BCUT2D eigenvalue weighted by atomic mass is 32.1. The number of carbonyl (C=O) groups excluding carboxylic acids is 2. The zero-order valence-electron chi connectivity index (χ0n) is 19.5. The lowest BCUT2D eigenvalue weighted by Crippen LogP contribution is -2.40. The van der Waals surface area contributed by atoms with Gasteiger partial charge < -0.3 is 15.0 Å². The molecule has 5 rings (SSSR count). The fraction of sp³-hybridized carbons (Fsp3) is 0.172. The first-order valence-corrected chi connectivity index (χ1v) is 12.6. The number of benzene rings is 3. The van der Waals surface area contributed by atoms with E-state index < -0.39 is 0 Å². The lowest BCUT2D eigenvalue weighted by Gasteiger charge is -2.37. The van der Waals surface area contributed by atoms with Gasteiger partial charge in [-0.25, -0.2) is 4.39 Å². The van der Waals surface area contributed by atoms with Gasteiger partial charge in [-0.3, -0.25) is 9.59 Å². The van der Waals surface area contributed by atoms with Crippen molar-refractivity contribution in [1.29, 1.82) is 0 Å². The number of amides is 2. The Morgan fingerprint density at radius 1 is 1.00 bits per heavy atom. The van der Waals surface area contributed by atoms with Crippen molar-refractivity contribution >= 4 is 23.2 Å². The highest BCUT2D eigenvalue weighted by Gasteiger charge is 2.33. The van der Waals surface area contributed by atoms with Crippen molar-refractivity contribution in [1.82, 2.24) is 10.2 Å². The van der Waals surface area contributed by atoms with Crippen LogP contribution in [0.25, 0.3) is 0 Å². The van der Waals surface area contributed by atoms with E-state index in [9.17, 15) is 14.0 Å². The van der Waals surface area contributed by atoms with Gasteiger partial charge in [0.15, 0.2) is 6.61 Å². The minimum atomic E-state index is -0.341. The molecule has 0 fully saturated rings. The van der Waals surface area contributed by atoms with Crippen LogP contribution in [-0.4, -0.2) is 29.9 Å². The third-order valence-electron chi connectivity index (χ3n) is 6.20. The number of carbonyl (C=O) groups is 2. The molecule has 1 atom stereocenters. The number of thiophene rings is 1. The van der Waals surface area contributed by atoms with E-state index in [-0.39, 0.29) is 36.8 Å². The second kappa shape index (κ2) is 10.7. The molecule has 5 nitrogen and oxygen atoms in total. The molecular formula is C29H25FN2O3S. The third kappa shape index (κ3) is 5.31. The summed E-state index contributed by atoms with van der Waals surface area (Å²) in [4.78, 5) is 28.4. The maximum Gasteiger partial charge on any atom is 0.264 e. The van der Waals surface area contributed by atoms with Gasteiger partial charge in [-0.1, -0.05) is 54.6 Å². The number of fused-ring (bicyclic) bond motifs is 1. The predicted molar refractivity (Wildman–Crippen MR) is 138 cm³/mol. The van der Waals surface area contributed by atoms with Crippen molar-refractivity contribution in [3.8, 4) is 5.75 Å². The zero-order valence-corrected chi connectivity index (χ0v) is 20.3. The standard InChI is InChI=1S/C29H25FN2O3S/c30-23-9-4-6-20(16-23)18-31-27(33)19-35-24-12-11-21-13-14-32(29(34)26-10-5-15-36-26)28(25(21)17-24)22-7-2-1-3-8-22/h1-12,15-17,28H,13-14,18-19H2,(H,31,33). The second-order valence-electron chi connectivity index (χ2n) is 8.60. The fourth-order valence-electron chi connectivity index (χ4n) is 4.49. The quantitative estimate of drug-likeness (QED) is 0.371. The molecule has 3 aromatic carbocycles. The van der Waals surface area contributed by atoms with E-state index in [0.717, 1.165) is 23.1 Å². The van der Waals surface area contributed by atoms with Crippen molar-refractivity contribution in [2.24, 2.45) is 0 Å². The first kappa shape index (κ1) is 23.8. The Bertz CT molecular complexity index is 1360. The SMILES string of the molecule is O=C(COc1ccc2c(c1)C(c1ccccc1)N(C(=O)c1cccs1)CC2)NCc1cccc(F)c1. The van der Waals surface area contributed by atoms with E-state index in [1.807, 2.05) is 70.9 Å². The maximum atomic E-state index is 13.4. The number of halogens is 1. The highest BCUT2D eigenvalue weighted by molar-refractivity contribution is 7.12. The summed E-state index contributed by atoms with van der Waals surface area (Å²) in [6.45, 7) is 0.675. The first-order valence-electron chi connectivity index (χ1n) is 11.7. The van der Waals surface area contributed by atoms with E-state index in [1.54, 1.807) is 12.1 Å². The van der Waals surface area contributed by atoms with Gasteiger partial charge in [-0.15, -0.1) is 11.3 Å². The molecule has 0 saturated carbocycles. The number of rotatable bonds is 7. The lowest BCUT2D eigenvalue weighted by atomic mass is 9.88. The van der Waals surface area contributed by atoms with Crippen LogP contribution in [0.1, 0.15) is 38.0 Å². The number of hydrogen-bond donors (Lipinski definition) is 1. The summed E-state index contributed by atoms with van der Waals surface area (Å²) in [5.41, 5.74) is 3.85. The Balaban J connectivity index is 1.34. The lowest BCUT2D eigenvalue weighted by molar-refractivity contribution is -0.123. The average molecular weight is 501 g/mol. The average Bonchev–Trinajstić information content (AvgIpc) is 3.45. The molecular weight excluding hydrogens is 475 g/mol. The molecule has 0 spiro atoms. The molecule has 36 heavy (non-hydrogen) atoms. The van der Waals surface area contributed by atoms with Gasteiger partial charge in [0, 0.05) is 13.1 Å². The zero-order chi connectivity index (χ0) is 24.9. The van der Waals surface area contributed by atoms with Crippen molar-refractivity contribution < 1.29 is 18.7 Å². The summed E-state index contributed by atoms with van der Waals surface area (Å²) in [6, 6.07) is 25.4. The van der Waals surface area contributed by atoms with E-state index in [1.165, 1.54) is 23.5 Å². The van der Waals surface area contributed by atoms with Crippen LogP contribution in [0.5, 0.6) is 5.75 Å². The van der Waals surface area contributed by atoms with Gasteiger partial charge >= 0.3 is 0 Å². The summed E-state index contributed by atoms with van der Waals surface area (Å²) in [6.07, 6.45) is 0.740. The van der Waals surface area contributed by atoms with Gasteiger partial charge in [0.25, 0.3) is 11.8 Å². The van der Waals surface area contributed by atoms with Crippen LogP contribution in [0, 0.1) is 5.82 Å². The molecule has 7 heteroatoms. The number of hydrogen-bond acceptors (Lipinski definition) is 4. The molecule has 1 aliphatic heterocycles. The predicted octanol–water partition coefficient (Wildman–Crippen LogP) is 5.37. The van der Waals surface area contributed by atoms with Crippen LogP contribution in [-0.2, 0) is 17.8 Å². The molecule has 1 N–H and O–H groups in total. The van der Waals surface area contributed by atoms with Crippen LogP contribution < -0.4 is 10.1 Å². The van der Waals surface area contributed by atoms with Crippen molar-refractivity contribution in [2.75, 3.05) is 13.2 Å². The largest absolute Gasteiger partial charge is 0.484 e. The van der Waals surface area contributed by atoms with Gasteiger partial charge in [-0.2, -0.15) is 0 Å². The fourth-order valence-corrected chi connectivity index (χ4v) is 5.16. The third-order valence-corrected chi connectivity index (χ3v) is 7.06. The van der Waals surface area contributed by atoms with Crippen LogP contribution in [0.4, 0.5) is 4.39 Å². The molecule has 1 aromatic heterocycles. The first-order chi connectivity index (χ1) is 17.6. The Labute approximate surface area is 213 Å². The topological polar surface area (TPSA) is 58.6 Å². The van der Waals surface area contributed by atoms with E-state index in [0.29, 0.717) is 22.7 Å². The molecule has 2 amide bonds. The van der Waals surface area contributed by atoms with Crippen molar-refractivity contribution in [3.05, 3.63) is 123 Å². The van der Waals surface area contributed by atoms with Crippen molar-refractivity contribution in [2.45, 2.75) is 19.0 Å². The minimum Gasteiger partial charge on any atom is -0.484 e. The summed E-state index contributed by atoms with van der Waals surface area (Å²) >= 11 is 1.44. The van der Waals surface area contributed by atoms with Gasteiger partial charge in [0.05, 0.1) is 10.9 Å². The molecule has 2 heterocycles. The summed E-state index contributed by atoms with van der Waals surface area (Å²) in [5.74, 6) is -0.0775. The van der Waals surface area contributed by atoms with E-state index in [4.69, 9.17) is 4.74 Å². The monoisotopic (exact) mass is 500 g/mol. The molecule has 1 unspecified atom stereocenters. The molecule has 0 radical (unpaired) electrons. The van der Waals surface area contributed by atoms with Crippen LogP contribution in [0.15, 0.2) is 90.3 Å². The molecule has 182 valence electrons. The van der Waals surface area contributed by atoms with E-state index in [2.05, 4.69) is 5.32 Å². The molecule has 4 aromatic rings.